The zero-order valence-electron chi connectivity index (χ0n) is 5.66. The SMILES string of the molecule is CC(C)CCP(=O)([O-])[O-]. The Kier molecular flexibility index (Phi) is 3.41. The lowest BCUT2D eigenvalue weighted by Crippen LogP contribution is -2.17. The molecule has 0 aliphatic carbocycles. The van der Waals surface area contributed by atoms with Crippen LogP contribution >= 0.6 is 7.60 Å². The van der Waals surface area contributed by atoms with Crippen molar-refractivity contribution in [1.82, 2.24) is 0 Å². The zero-order chi connectivity index (χ0) is 7.49. The van der Waals surface area contributed by atoms with E-state index in [2.05, 4.69) is 0 Å². The molecule has 0 atom stereocenters. The van der Waals surface area contributed by atoms with Gasteiger partial charge in [0, 0.05) is 0 Å². The molecule has 0 amide bonds. The van der Waals surface area contributed by atoms with Crippen molar-refractivity contribution in [3.63, 3.8) is 0 Å². The van der Waals surface area contributed by atoms with E-state index in [4.69, 9.17) is 0 Å². The van der Waals surface area contributed by atoms with Crippen LogP contribution in [0.4, 0.5) is 0 Å². The highest BCUT2D eigenvalue weighted by Crippen LogP contribution is 2.25. The first kappa shape index (κ1) is 9.15. The summed E-state index contributed by atoms with van der Waals surface area (Å²) >= 11 is 0. The number of hydrogen-bond acceptors (Lipinski definition) is 3. The fraction of sp³-hybridized carbons (Fsp3) is 1.00. The molecule has 0 bridgehead atoms. The molecule has 0 rings (SSSR count). The summed E-state index contributed by atoms with van der Waals surface area (Å²) in [4.78, 5) is 20.0. The molecule has 0 N–H and O–H groups in total. The molecule has 56 valence electrons. The molecule has 0 aromatic rings. The largest absolute Gasteiger partial charge is 0.811 e. The molecule has 0 fully saturated rings. The second-order valence-electron chi connectivity index (χ2n) is 2.52. The van der Waals surface area contributed by atoms with Gasteiger partial charge in [0.2, 0.25) is 0 Å². The Morgan fingerprint density at radius 2 is 1.89 bits per heavy atom. The molecule has 0 aliphatic heterocycles. The van der Waals surface area contributed by atoms with Gasteiger partial charge in [0.15, 0.2) is 0 Å². The summed E-state index contributed by atoms with van der Waals surface area (Å²) in [5.41, 5.74) is 0. The van der Waals surface area contributed by atoms with Crippen molar-refractivity contribution in [3.8, 4) is 0 Å². The quantitative estimate of drug-likeness (QED) is 0.529. The molecule has 0 unspecified atom stereocenters. The second-order valence-corrected chi connectivity index (χ2v) is 4.19. The third-order valence-electron chi connectivity index (χ3n) is 0.980. The van der Waals surface area contributed by atoms with E-state index in [1.807, 2.05) is 13.8 Å². The third kappa shape index (κ3) is 8.15. The predicted octanol–water partition coefficient (Wildman–Crippen LogP) is -0.0538. The van der Waals surface area contributed by atoms with Crippen LogP contribution in [0.15, 0.2) is 0 Å². The van der Waals surface area contributed by atoms with E-state index in [1.54, 1.807) is 0 Å². The maximum Gasteiger partial charge on any atom is -0.0248 e. The van der Waals surface area contributed by atoms with Crippen LogP contribution in [0.5, 0.6) is 0 Å². The molecule has 0 aromatic heterocycles. The fourth-order valence-corrected chi connectivity index (χ4v) is 1.25. The van der Waals surface area contributed by atoms with Gasteiger partial charge in [-0.1, -0.05) is 21.4 Å². The molecule has 3 nitrogen and oxygen atoms in total. The first-order valence-corrected chi connectivity index (χ1v) is 4.65. The highest BCUT2D eigenvalue weighted by molar-refractivity contribution is 7.48. The van der Waals surface area contributed by atoms with Gasteiger partial charge in [0.05, 0.1) is 0 Å². The summed E-state index contributed by atoms with van der Waals surface area (Å²) in [6, 6.07) is 0. The zero-order valence-corrected chi connectivity index (χ0v) is 6.56. The minimum Gasteiger partial charge on any atom is -0.811 e. The van der Waals surface area contributed by atoms with Crippen LogP contribution in [-0.4, -0.2) is 6.16 Å². The van der Waals surface area contributed by atoms with Gasteiger partial charge < -0.3 is 14.4 Å². The van der Waals surface area contributed by atoms with Crippen molar-refractivity contribution < 1.29 is 14.4 Å². The smallest absolute Gasteiger partial charge is 0.0248 e. The number of rotatable bonds is 3. The van der Waals surface area contributed by atoms with Gasteiger partial charge in [-0.15, -0.1) is 0 Å². The molecular formula is C5H11O3P-2. The topological polar surface area (TPSA) is 63.2 Å². The average Bonchev–Trinajstić information content (AvgIpc) is 1.59. The van der Waals surface area contributed by atoms with Crippen molar-refractivity contribution in [3.05, 3.63) is 0 Å². The van der Waals surface area contributed by atoms with Crippen LogP contribution < -0.4 is 9.79 Å². The summed E-state index contributed by atoms with van der Waals surface area (Å²) in [5, 5.41) is 0. The first-order chi connectivity index (χ1) is 3.92. The molecule has 0 aliphatic rings. The highest BCUT2D eigenvalue weighted by Gasteiger charge is 1.94. The lowest BCUT2D eigenvalue weighted by molar-refractivity contribution is -0.313. The van der Waals surface area contributed by atoms with Crippen LogP contribution in [0, 0.1) is 5.92 Å². The Labute approximate surface area is 55.3 Å². The molecule has 0 heterocycles. The highest BCUT2D eigenvalue weighted by atomic mass is 31.2. The van der Waals surface area contributed by atoms with E-state index >= 15 is 0 Å². The molecule has 0 spiro atoms. The van der Waals surface area contributed by atoms with E-state index in [1.165, 1.54) is 0 Å². The fourth-order valence-electron chi connectivity index (χ4n) is 0.416. The Morgan fingerprint density at radius 1 is 1.44 bits per heavy atom. The molecule has 0 aromatic carbocycles. The molecule has 9 heavy (non-hydrogen) atoms. The lowest BCUT2D eigenvalue weighted by atomic mass is 10.2. The average molecular weight is 150 g/mol. The van der Waals surface area contributed by atoms with Crippen molar-refractivity contribution in [1.29, 1.82) is 0 Å². The Hall–Kier alpha value is 0.150. The third-order valence-corrected chi connectivity index (χ3v) is 1.79. The van der Waals surface area contributed by atoms with Crippen LogP contribution in [-0.2, 0) is 4.57 Å². The lowest BCUT2D eigenvalue weighted by Gasteiger charge is -2.29. The Morgan fingerprint density at radius 3 is 2.00 bits per heavy atom. The van der Waals surface area contributed by atoms with Gasteiger partial charge in [0.25, 0.3) is 0 Å². The van der Waals surface area contributed by atoms with Gasteiger partial charge in [-0.2, -0.15) is 0 Å². The standard InChI is InChI=1S/C5H13O3P/c1-5(2)3-4-9(6,7)8/h5H,3-4H2,1-2H3,(H2,6,7,8)/p-2. The minimum atomic E-state index is -4.22. The Bertz CT molecular complexity index is 115. The van der Waals surface area contributed by atoms with Crippen LogP contribution in [0.3, 0.4) is 0 Å². The minimum absolute atomic E-state index is 0.204. The van der Waals surface area contributed by atoms with E-state index in [0.29, 0.717) is 12.3 Å². The monoisotopic (exact) mass is 150 g/mol. The van der Waals surface area contributed by atoms with Crippen LogP contribution in [0.25, 0.3) is 0 Å². The predicted molar refractivity (Wildman–Crippen MR) is 31.9 cm³/mol. The van der Waals surface area contributed by atoms with Gasteiger partial charge in [0.1, 0.15) is 0 Å². The van der Waals surface area contributed by atoms with Crippen molar-refractivity contribution in [2.45, 2.75) is 20.3 Å². The van der Waals surface area contributed by atoms with Gasteiger partial charge in [-0.3, -0.25) is 0 Å². The summed E-state index contributed by atoms with van der Waals surface area (Å²) in [5.74, 6) is 0.293. The van der Waals surface area contributed by atoms with Crippen molar-refractivity contribution in [2.24, 2.45) is 5.92 Å². The molecule has 0 saturated carbocycles. The van der Waals surface area contributed by atoms with Gasteiger partial charge in [-0.25, -0.2) is 0 Å². The summed E-state index contributed by atoms with van der Waals surface area (Å²) in [6.07, 6.45) is 0.273. The maximum absolute atomic E-state index is 10.0. The summed E-state index contributed by atoms with van der Waals surface area (Å²) in [6.45, 7) is 3.77. The van der Waals surface area contributed by atoms with Crippen LogP contribution in [0.1, 0.15) is 20.3 Å². The first-order valence-electron chi connectivity index (χ1n) is 2.93. The van der Waals surface area contributed by atoms with Crippen molar-refractivity contribution in [2.75, 3.05) is 6.16 Å². The maximum atomic E-state index is 10.0. The van der Waals surface area contributed by atoms with E-state index in [9.17, 15) is 14.4 Å². The van der Waals surface area contributed by atoms with E-state index in [-0.39, 0.29) is 6.16 Å². The number of hydrogen-bond donors (Lipinski definition) is 0. The molecule has 0 saturated heterocycles. The van der Waals surface area contributed by atoms with E-state index in [0.717, 1.165) is 0 Å². The second kappa shape index (κ2) is 3.35. The van der Waals surface area contributed by atoms with Gasteiger partial charge in [-0.05, 0) is 18.5 Å². The van der Waals surface area contributed by atoms with E-state index < -0.39 is 7.60 Å². The molecule has 4 heteroatoms. The molecular weight excluding hydrogens is 139 g/mol. The normalized spacial score (nSPS) is 12.6. The van der Waals surface area contributed by atoms with Gasteiger partial charge >= 0.3 is 0 Å². The summed E-state index contributed by atoms with van der Waals surface area (Å²) in [7, 11) is -4.22. The summed E-state index contributed by atoms with van der Waals surface area (Å²) < 4.78 is 10.0. The molecule has 0 radical (unpaired) electrons. The van der Waals surface area contributed by atoms with Crippen molar-refractivity contribution >= 4 is 7.60 Å². The Balaban J connectivity index is 3.40. The van der Waals surface area contributed by atoms with Crippen LogP contribution in [0.2, 0.25) is 0 Å².